The van der Waals surface area contributed by atoms with Crippen LogP contribution in [0.3, 0.4) is 0 Å². The van der Waals surface area contributed by atoms with Crippen LogP contribution in [0.1, 0.15) is 48.1 Å². The Kier molecular flexibility index (Phi) is 7.12. The lowest BCUT2D eigenvalue weighted by molar-refractivity contribution is -0.154. The van der Waals surface area contributed by atoms with Crippen LogP contribution in [0, 0.1) is 0 Å². The maximum Gasteiger partial charge on any atom is 0.344 e. The number of carbonyl (C=O) groups excluding carboxylic acids is 3. The van der Waals surface area contributed by atoms with Crippen LogP contribution in [0.15, 0.2) is 42.5 Å². The summed E-state index contributed by atoms with van der Waals surface area (Å²) >= 11 is 0. The van der Waals surface area contributed by atoms with Crippen molar-refractivity contribution >= 4 is 17.7 Å². The molecule has 1 amide bonds. The van der Waals surface area contributed by atoms with Gasteiger partial charge in [-0.1, -0.05) is 13.0 Å². The fourth-order valence-corrected chi connectivity index (χ4v) is 4.03. The normalized spacial score (nSPS) is 16.9. The molecule has 2 aliphatic rings. The minimum absolute atomic E-state index is 0.0379. The van der Waals surface area contributed by atoms with Crippen molar-refractivity contribution in [3.8, 4) is 17.2 Å². The molecule has 0 spiro atoms. The van der Waals surface area contributed by atoms with E-state index >= 15 is 0 Å². The SMILES string of the molecule is CCC(=O)c1ccc(OCC(=O)OCC(=O)N2CCCC2c2ccc3c(c2)OCCO3)cc1. The van der Waals surface area contributed by atoms with Crippen molar-refractivity contribution < 1.29 is 33.3 Å². The van der Waals surface area contributed by atoms with Gasteiger partial charge in [0.2, 0.25) is 0 Å². The number of likely N-dealkylation sites (tertiary alicyclic amines) is 1. The quantitative estimate of drug-likeness (QED) is 0.447. The third kappa shape index (κ3) is 5.45. The molecule has 8 nitrogen and oxygen atoms in total. The number of ether oxygens (including phenoxy) is 4. The average molecular weight is 453 g/mol. The van der Waals surface area contributed by atoms with Gasteiger partial charge in [0.15, 0.2) is 30.5 Å². The molecule has 1 atom stereocenters. The largest absolute Gasteiger partial charge is 0.486 e. The van der Waals surface area contributed by atoms with Crippen LogP contribution in [0.2, 0.25) is 0 Å². The van der Waals surface area contributed by atoms with E-state index in [-0.39, 0.29) is 30.9 Å². The summed E-state index contributed by atoms with van der Waals surface area (Å²) in [4.78, 5) is 38.2. The molecule has 1 unspecified atom stereocenters. The Labute approximate surface area is 192 Å². The number of fused-ring (bicyclic) bond motifs is 1. The highest BCUT2D eigenvalue weighted by Gasteiger charge is 2.31. The number of benzene rings is 2. The van der Waals surface area contributed by atoms with Gasteiger partial charge < -0.3 is 23.8 Å². The maximum atomic E-state index is 12.7. The molecule has 0 radical (unpaired) electrons. The average Bonchev–Trinajstić information content (AvgIpc) is 3.35. The van der Waals surface area contributed by atoms with Gasteiger partial charge in [-0.05, 0) is 54.8 Å². The van der Waals surface area contributed by atoms with Crippen molar-refractivity contribution in [2.24, 2.45) is 0 Å². The molecule has 4 rings (SSSR count). The van der Waals surface area contributed by atoms with E-state index in [1.54, 1.807) is 36.1 Å². The predicted molar refractivity (Wildman–Crippen MR) is 119 cm³/mol. The number of hydrogen-bond donors (Lipinski definition) is 0. The van der Waals surface area contributed by atoms with Crippen molar-refractivity contribution in [3.05, 3.63) is 53.6 Å². The van der Waals surface area contributed by atoms with Gasteiger partial charge in [0.05, 0.1) is 6.04 Å². The number of esters is 1. The van der Waals surface area contributed by atoms with Crippen molar-refractivity contribution in [2.45, 2.75) is 32.2 Å². The Morgan fingerprint density at radius 2 is 1.76 bits per heavy atom. The van der Waals surface area contributed by atoms with E-state index in [2.05, 4.69) is 0 Å². The summed E-state index contributed by atoms with van der Waals surface area (Å²) in [6.07, 6.45) is 2.13. The molecular weight excluding hydrogens is 426 g/mol. The Hall–Kier alpha value is -3.55. The minimum Gasteiger partial charge on any atom is -0.486 e. The monoisotopic (exact) mass is 453 g/mol. The van der Waals surface area contributed by atoms with Crippen molar-refractivity contribution in [2.75, 3.05) is 33.0 Å². The standard InChI is InChI=1S/C25H27NO7/c1-2-21(27)17-5-8-19(9-6-17)32-16-25(29)33-15-24(28)26-11-3-4-20(26)18-7-10-22-23(14-18)31-13-12-30-22/h5-10,14,20H,2-4,11-13,15-16H2,1H3. The van der Waals surface area contributed by atoms with Gasteiger partial charge in [-0.15, -0.1) is 0 Å². The van der Waals surface area contributed by atoms with Crippen molar-refractivity contribution in [1.29, 1.82) is 0 Å². The Bertz CT molecular complexity index is 1020. The summed E-state index contributed by atoms with van der Waals surface area (Å²) in [5.41, 5.74) is 1.57. The smallest absolute Gasteiger partial charge is 0.344 e. The lowest BCUT2D eigenvalue weighted by Crippen LogP contribution is -2.34. The number of nitrogens with zero attached hydrogens (tertiary/aromatic N) is 1. The number of carbonyl (C=O) groups is 3. The van der Waals surface area contributed by atoms with Crippen LogP contribution < -0.4 is 14.2 Å². The van der Waals surface area contributed by atoms with E-state index < -0.39 is 5.97 Å². The second-order valence-corrected chi connectivity index (χ2v) is 7.90. The Morgan fingerprint density at radius 1 is 1.00 bits per heavy atom. The van der Waals surface area contributed by atoms with E-state index in [9.17, 15) is 14.4 Å². The van der Waals surface area contributed by atoms with E-state index in [0.29, 0.717) is 49.0 Å². The summed E-state index contributed by atoms with van der Waals surface area (Å²) in [6.45, 7) is 2.77. The zero-order valence-corrected chi connectivity index (χ0v) is 18.6. The number of Topliss-reactive ketones (excluding diaryl/α,β-unsaturated/α-hetero) is 1. The van der Waals surface area contributed by atoms with Gasteiger partial charge in [0.25, 0.3) is 5.91 Å². The van der Waals surface area contributed by atoms with Crippen LogP contribution in [0.25, 0.3) is 0 Å². The van der Waals surface area contributed by atoms with E-state index in [0.717, 1.165) is 18.4 Å². The Balaban J connectivity index is 1.27. The molecule has 0 saturated carbocycles. The van der Waals surface area contributed by atoms with Gasteiger partial charge in [0, 0.05) is 18.5 Å². The minimum atomic E-state index is -0.632. The predicted octanol–water partition coefficient (Wildman–Crippen LogP) is 3.34. The molecule has 0 aliphatic carbocycles. The first-order valence-electron chi connectivity index (χ1n) is 11.2. The molecule has 33 heavy (non-hydrogen) atoms. The van der Waals surface area contributed by atoms with Crippen LogP contribution in [-0.4, -0.2) is 55.5 Å². The first-order valence-corrected chi connectivity index (χ1v) is 11.2. The third-order valence-electron chi connectivity index (χ3n) is 5.73. The van der Waals surface area contributed by atoms with Gasteiger partial charge in [-0.25, -0.2) is 4.79 Å². The number of rotatable bonds is 8. The van der Waals surface area contributed by atoms with Crippen molar-refractivity contribution in [1.82, 2.24) is 4.90 Å². The second-order valence-electron chi connectivity index (χ2n) is 7.90. The lowest BCUT2D eigenvalue weighted by atomic mass is 10.0. The first-order chi connectivity index (χ1) is 16.0. The highest BCUT2D eigenvalue weighted by atomic mass is 16.6. The van der Waals surface area contributed by atoms with Crippen LogP contribution in [0.4, 0.5) is 0 Å². The molecule has 0 N–H and O–H groups in total. The molecule has 2 aromatic rings. The van der Waals surface area contributed by atoms with Crippen LogP contribution >= 0.6 is 0 Å². The molecular formula is C25H27NO7. The summed E-state index contributed by atoms with van der Waals surface area (Å²) in [7, 11) is 0. The van der Waals surface area contributed by atoms with Gasteiger partial charge in [-0.2, -0.15) is 0 Å². The number of amides is 1. The molecule has 0 bridgehead atoms. The molecule has 2 aliphatic heterocycles. The first kappa shape index (κ1) is 22.6. The van der Waals surface area contributed by atoms with Crippen LogP contribution in [-0.2, 0) is 14.3 Å². The number of hydrogen-bond acceptors (Lipinski definition) is 7. The van der Waals surface area contributed by atoms with Crippen molar-refractivity contribution in [3.63, 3.8) is 0 Å². The molecule has 1 saturated heterocycles. The van der Waals surface area contributed by atoms with E-state index in [1.165, 1.54) is 0 Å². The summed E-state index contributed by atoms with van der Waals surface area (Å²) in [5, 5.41) is 0. The van der Waals surface area contributed by atoms with Gasteiger partial charge >= 0.3 is 5.97 Å². The van der Waals surface area contributed by atoms with E-state index in [4.69, 9.17) is 18.9 Å². The summed E-state index contributed by atoms with van der Waals surface area (Å²) < 4.78 is 21.8. The molecule has 2 heterocycles. The molecule has 8 heteroatoms. The highest BCUT2D eigenvalue weighted by Crippen LogP contribution is 2.38. The second kappa shape index (κ2) is 10.4. The fraction of sp³-hybridized carbons (Fsp3) is 0.400. The Morgan fingerprint density at radius 3 is 2.52 bits per heavy atom. The zero-order valence-electron chi connectivity index (χ0n) is 18.6. The fourth-order valence-electron chi connectivity index (χ4n) is 4.03. The molecule has 1 fully saturated rings. The molecule has 174 valence electrons. The van der Waals surface area contributed by atoms with Gasteiger partial charge in [-0.3, -0.25) is 9.59 Å². The van der Waals surface area contributed by atoms with Crippen LogP contribution in [0.5, 0.6) is 17.2 Å². The highest BCUT2D eigenvalue weighted by molar-refractivity contribution is 5.95. The summed E-state index contributed by atoms with van der Waals surface area (Å²) in [6, 6.07) is 12.2. The maximum absolute atomic E-state index is 12.7. The third-order valence-corrected chi connectivity index (χ3v) is 5.73. The molecule has 0 aromatic heterocycles. The summed E-state index contributed by atoms with van der Waals surface area (Å²) in [5.74, 6) is 1.01. The number of ketones is 1. The topological polar surface area (TPSA) is 91.4 Å². The van der Waals surface area contributed by atoms with Gasteiger partial charge in [0.1, 0.15) is 19.0 Å². The molecule has 2 aromatic carbocycles. The zero-order chi connectivity index (χ0) is 23.2. The lowest BCUT2D eigenvalue weighted by Gasteiger charge is -2.26. The van der Waals surface area contributed by atoms with E-state index in [1.807, 2.05) is 18.2 Å².